The molecule has 2 aromatic rings. The molecule has 6 nitrogen and oxygen atoms in total. The van der Waals surface area contributed by atoms with E-state index in [0.29, 0.717) is 6.54 Å². The average Bonchev–Trinajstić information content (AvgIpc) is 3.26. The summed E-state index contributed by atoms with van der Waals surface area (Å²) in [5, 5.41) is 10.9. The summed E-state index contributed by atoms with van der Waals surface area (Å²) >= 11 is 0. The van der Waals surface area contributed by atoms with E-state index >= 15 is 0 Å². The van der Waals surface area contributed by atoms with Crippen molar-refractivity contribution >= 4 is 29.9 Å². The van der Waals surface area contributed by atoms with Crippen molar-refractivity contribution < 1.29 is 0 Å². The molecule has 0 radical (unpaired) electrons. The van der Waals surface area contributed by atoms with E-state index in [1.54, 1.807) is 12.7 Å². The molecular weight excluding hydrogens is 415 g/mol. The zero-order valence-electron chi connectivity index (χ0n) is 14.0. The van der Waals surface area contributed by atoms with Crippen LogP contribution in [0, 0.1) is 5.92 Å². The van der Waals surface area contributed by atoms with E-state index in [1.807, 2.05) is 4.68 Å². The van der Waals surface area contributed by atoms with E-state index in [0.717, 1.165) is 31.5 Å². The lowest BCUT2D eigenvalue weighted by molar-refractivity contribution is 0.684. The standard InChI is InChI=1S/C17H24N6.HI/c1-2-19-17(20-9-14-6-7-14)21-10-15-4-3-5-16(8-15)11-23-13-18-12-22-23;/h3-5,8,12-14H,2,6-7,9-11H2,1H3,(H2,19,20,21);1H. The van der Waals surface area contributed by atoms with Crippen LogP contribution < -0.4 is 10.6 Å². The van der Waals surface area contributed by atoms with Gasteiger partial charge < -0.3 is 10.6 Å². The van der Waals surface area contributed by atoms with Crippen LogP contribution in [0.5, 0.6) is 0 Å². The fourth-order valence-corrected chi connectivity index (χ4v) is 2.40. The van der Waals surface area contributed by atoms with Crippen LogP contribution in [0.3, 0.4) is 0 Å². The Morgan fingerprint density at radius 2 is 2.12 bits per heavy atom. The Labute approximate surface area is 160 Å². The molecule has 0 saturated heterocycles. The highest BCUT2D eigenvalue weighted by Gasteiger charge is 2.20. The Kier molecular flexibility index (Phi) is 7.48. The lowest BCUT2D eigenvalue weighted by Gasteiger charge is -2.11. The van der Waals surface area contributed by atoms with Gasteiger partial charge in [-0.3, -0.25) is 0 Å². The van der Waals surface area contributed by atoms with Gasteiger partial charge in [-0.25, -0.2) is 14.7 Å². The summed E-state index contributed by atoms with van der Waals surface area (Å²) in [6.07, 6.45) is 5.98. The summed E-state index contributed by atoms with van der Waals surface area (Å²) in [7, 11) is 0. The molecule has 1 aromatic heterocycles. The van der Waals surface area contributed by atoms with Crippen molar-refractivity contribution in [1.29, 1.82) is 0 Å². The maximum Gasteiger partial charge on any atom is 0.191 e. The first-order valence-corrected chi connectivity index (χ1v) is 8.26. The van der Waals surface area contributed by atoms with E-state index in [-0.39, 0.29) is 24.0 Å². The van der Waals surface area contributed by atoms with Crippen LogP contribution >= 0.6 is 24.0 Å². The molecule has 130 valence electrons. The Balaban J connectivity index is 0.00000208. The van der Waals surface area contributed by atoms with Crippen molar-refractivity contribution in [3.8, 4) is 0 Å². The largest absolute Gasteiger partial charge is 0.357 e. The number of nitrogens with one attached hydrogen (secondary N) is 2. The molecule has 0 aliphatic heterocycles. The number of rotatable bonds is 7. The Hall–Kier alpha value is -1.64. The second-order valence-corrected chi connectivity index (χ2v) is 5.93. The number of halogens is 1. The first-order chi connectivity index (χ1) is 11.3. The van der Waals surface area contributed by atoms with Crippen LogP contribution in [0.1, 0.15) is 30.9 Å². The molecule has 0 bridgehead atoms. The summed E-state index contributed by atoms with van der Waals surface area (Å²) in [6.45, 7) is 5.40. The summed E-state index contributed by atoms with van der Waals surface area (Å²) in [5.74, 6) is 1.74. The molecule has 1 aliphatic rings. The highest BCUT2D eigenvalue weighted by molar-refractivity contribution is 14.0. The second-order valence-electron chi connectivity index (χ2n) is 5.93. The third-order valence-corrected chi connectivity index (χ3v) is 3.82. The fourth-order valence-electron chi connectivity index (χ4n) is 2.40. The lowest BCUT2D eigenvalue weighted by atomic mass is 10.1. The van der Waals surface area contributed by atoms with Gasteiger partial charge in [-0.1, -0.05) is 24.3 Å². The van der Waals surface area contributed by atoms with Gasteiger partial charge in [-0.2, -0.15) is 5.10 Å². The molecule has 3 rings (SSSR count). The van der Waals surface area contributed by atoms with Crippen LogP contribution in [0.25, 0.3) is 0 Å². The SMILES string of the molecule is CCNC(=NCc1cccc(Cn2cncn2)c1)NCC1CC1.I. The van der Waals surface area contributed by atoms with Gasteiger partial charge >= 0.3 is 0 Å². The van der Waals surface area contributed by atoms with Crippen molar-refractivity contribution in [1.82, 2.24) is 25.4 Å². The quantitative estimate of drug-likeness (QED) is 0.394. The number of guanidine groups is 1. The molecule has 0 spiro atoms. The van der Waals surface area contributed by atoms with Crippen molar-refractivity contribution in [2.24, 2.45) is 10.9 Å². The van der Waals surface area contributed by atoms with Crippen LogP contribution in [0.4, 0.5) is 0 Å². The molecule has 7 heteroatoms. The van der Waals surface area contributed by atoms with Crippen LogP contribution in [-0.4, -0.2) is 33.8 Å². The Bertz CT molecular complexity index is 636. The molecule has 1 heterocycles. The zero-order chi connectivity index (χ0) is 15.9. The third kappa shape index (κ3) is 6.10. The van der Waals surface area contributed by atoms with Crippen LogP contribution in [0.2, 0.25) is 0 Å². The van der Waals surface area contributed by atoms with Crippen LogP contribution in [-0.2, 0) is 13.1 Å². The predicted octanol–water partition coefficient (Wildman–Crippen LogP) is 2.41. The highest BCUT2D eigenvalue weighted by atomic mass is 127. The van der Waals surface area contributed by atoms with Crippen molar-refractivity contribution in [3.05, 3.63) is 48.0 Å². The van der Waals surface area contributed by atoms with Gasteiger partial charge in [0.05, 0.1) is 13.1 Å². The van der Waals surface area contributed by atoms with E-state index in [9.17, 15) is 0 Å². The fraction of sp³-hybridized carbons (Fsp3) is 0.471. The summed E-state index contributed by atoms with van der Waals surface area (Å²) in [6, 6.07) is 8.46. The smallest absolute Gasteiger partial charge is 0.191 e. The summed E-state index contributed by atoms with van der Waals surface area (Å²) < 4.78 is 1.82. The molecule has 1 fully saturated rings. The molecule has 1 saturated carbocycles. The van der Waals surface area contributed by atoms with Gasteiger partial charge in [0.2, 0.25) is 0 Å². The normalized spacial score (nSPS) is 14.1. The number of benzene rings is 1. The molecule has 0 unspecified atom stereocenters. The van der Waals surface area contributed by atoms with Gasteiger partial charge in [-0.05, 0) is 36.8 Å². The van der Waals surface area contributed by atoms with Crippen molar-refractivity contribution in [2.75, 3.05) is 13.1 Å². The number of hydrogen-bond donors (Lipinski definition) is 2. The number of hydrogen-bond acceptors (Lipinski definition) is 3. The molecule has 2 N–H and O–H groups in total. The third-order valence-electron chi connectivity index (χ3n) is 3.82. The Morgan fingerprint density at radius 3 is 2.83 bits per heavy atom. The lowest BCUT2D eigenvalue weighted by Crippen LogP contribution is -2.38. The number of aliphatic imine (C=N–C) groups is 1. The summed E-state index contributed by atoms with van der Waals surface area (Å²) in [4.78, 5) is 8.66. The topological polar surface area (TPSA) is 67.1 Å². The summed E-state index contributed by atoms with van der Waals surface area (Å²) in [5.41, 5.74) is 2.41. The monoisotopic (exact) mass is 440 g/mol. The minimum Gasteiger partial charge on any atom is -0.357 e. The minimum absolute atomic E-state index is 0. The first-order valence-electron chi connectivity index (χ1n) is 8.26. The van der Waals surface area contributed by atoms with E-state index in [1.165, 1.54) is 24.0 Å². The predicted molar refractivity (Wildman–Crippen MR) is 107 cm³/mol. The maximum atomic E-state index is 4.68. The van der Waals surface area contributed by atoms with Gasteiger partial charge in [-0.15, -0.1) is 24.0 Å². The second kappa shape index (κ2) is 9.61. The number of nitrogens with zero attached hydrogens (tertiary/aromatic N) is 4. The van der Waals surface area contributed by atoms with Gasteiger partial charge in [0, 0.05) is 13.1 Å². The minimum atomic E-state index is 0. The van der Waals surface area contributed by atoms with Gasteiger partial charge in [0.15, 0.2) is 5.96 Å². The zero-order valence-corrected chi connectivity index (χ0v) is 16.3. The average molecular weight is 440 g/mol. The molecule has 0 atom stereocenters. The Morgan fingerprint density at radius 1 is 1.29 bits per heavy atom. The van der Waals surface area contributed by atoms with Crippen LogP contribution in [0.15, 0.2) is 41.9 Å². The highest BCUT2D eigenvalue weighted by Crippen LogP contribution is 2.27. The van der Waals surface area contributed by atoms with Gasteiger partial charge in [0.1, 0.15) is 12.7 Å². The molecule has 1 aromatic carbocycles. The van der Waals surface area contributed by atoms with E-state index in [4.69, 9.17) is 0 Å². The van der Waals surface area contributed by atoms with Gasteiger partial charge in [0.25, 0.3) is 0 Å². The molecule has 1 aliphatic carbocycles. The van der Waals surface area contributed by atoms with Crippen molar-refractivity contribution in [2.45, 2.75) is 32.9 Å². The first kappa shape index (κ1) is 18.7. The molecule has 0 amide bonds. The molecule has 24 heavy (non-hydrogen) atoms. The molecular formula is C17H25IN6. The van der Waals surface area contributed by atoms with Crippen molar-refractivity contribution in [3.63, 3.8) is 0 Å². The maximum absolute atomic E-state index is 4.68. The number of aromatic nitrogens is 3. The van der Waals surface area contributed by atoms with E-state index in [2.05, 4.69) is 56.9 Å². The van der Waals surface area contributed by atoms with E-state index < -0.39 is 0 Å².